The number of rotatable bonds is 4. The van der Waals surface area contributed by atoms with Gasteiger partial charge in [0.1, 0.15) is 0 Å². The van der Waals surface area contributed by atoms with Gasteiger partial charge in [0.2, 0.25) is 0 Å². The molecule has 1 fully saturated rings. The first-order valence-electron chi connectivity index (χ1n) is 5.66. The van der Waals surface area contributed by atoms with Gasteiger partial charge in [0.25, 0.3) is 0 Å². The fourth-order valence-electron chi connectivity index (χ4n) is 1.85. The number of fused-ring (bicyclic) bond motifs is 1. The van der Waals surface area contributed by atoms with Crippen LogP contribution in [-0.4, -0.2) is 22.5 Å². The molecule has 0 radical (unpaired) electrons. The lowest BCUT2D eigenvalue weighted by molar-refractivity contribution is 0.947. The number of nitrogens with one attached hydrogen (secondary N) is 1. The van der Waals surface area contributed by atoms with Gasteiger partial charge in [0.05, 0.1) is 10.2 Å². The van der Waals surface area contributed by atoms with E-state index in [4.69, 9.17) is 5.73 Å². The Morgan fingerprint density at radius 3 is 3.06 bits per heavy atom. The molecule has 2 aromatic rings. The number of hydrogen-bond donors (Lipinski definition) is 2. The van der Waals surface area contributed by atoms with E-state index >= 15 is 0 Å². The first-order valence-corrected chi connectivity index (χ1v) is 7.70. The van der Waals surface area contributed by atoms with E-state index in [0.717, 1.165) is 27.6 Å². The van der Waals surface area contributed by atoms with E-state index in [2.05, 4.69) is 16.6 Å². The number of anilines is 2. The third-order valence-electron chi connectivity index (χ3n) is 3.21. The van der Waals surface area contributed by atoms with Crippen molar-refractivity contribution in [2.45, 2.75) is 17.6 Å². The number of nitrogens with two attached hydrogens (primary N) is 1. The number of nitrogen functional groups attached to an aromatic ring is 1. The second-order valence-electron chi connectivity index (χ2n) is 4.49. The van der Waals surface area contributed by atoms with Gasteiger partial charge in [-0.15, -0.1) is 0 Å². The summed E-state index contributed by atoms with van der Waals surface area (Å²) in [6.07, 6.45) is 4.83. The Morgan fingerprint density at radius 1 is 1.53 bits per heavy atom. The van der Waals surface area contributed by atoms with Crippen LogP contribution in [0.25, 0.3) is 10.2 Å². The number of thiazole rings is 1. The Hall–Kier alpha value is -0.940. The van der Waals surface area contributed by atoms with E-state index in [1.807, 2.05) is 30.0 Å². The van der Waals surface area contributed by atoms with E-state index in [1.54, 1.807) is 11.3 Å². The summed E-state index contributed by atoms with van der Waals surface area (Å²) in [4.78, 5) is 4.56. The normalized spacial score (nSPS) is 17.2. The zero-order chi connectivity index (χ0) is 11.9. The summed E-state index contributed by atoms with van der Waals surface area (Å²) in [5, 5.41) is 4.46. The van der Waals surface area contributed by atoms with Crippen LogP contribution < -0.4 is 11.1 Å². The number of thioether (sulfide) groups is 1. The molecule has 0 saturated heterocycles. The van der Waals surface area contributed by atoms with Crippen LogP contribution in [-0.2, 0) is 0 Å². The van der Waals surface area contributed by atoms with Crippen molar-refractivity contribution in [1.82, 2.24) is 4.98 Å². The molecule has 0 bridgehead atoms. The molecule has 3 rings (SSSR count). The summed E-state index contributed by atoms with van der Waals surface area (Å²) in [6.45, 7) is 1.02. The van der Waals surface area contributed by atoms with Crippen LogP contribution in [0.5, 0.6) is 0 Å². The second kappa shape index (κ2) is 4.07. The van der Waals surface area contributed by atoms with Gasteiger partial charge in [-0.25, -0.2) is 4.98 Å². The largest absolute Gasteiger partial charge is 0.399 e. The van der Waals surface area contributed by atoms with Gasteiger partial charge in [-0.3, -0.25) is 0 Å². The number of nitrogens with zero attached hydrogens (tertiary/aromatic N) is 1. The molecular formula is C12H15N3S2. The summed E-state index contributed by atoms with van der Waals surface area (Å²) >= 11 is 3.64. The quantitative estimate of drug-likeness (QED) is 0.834. The molecule has 1 heterocycles. The van der Waals surface area contributed by atoms with Crippen LogP contribution in [0.2, 0.25) is 0 Å². The molecule has 90 valence electrons. The predicted molar refractivity (Wildman–Crippen MR) is 78.0 cm³/mol. The Labute approximate surface area is 109 Å². The van der Waals surface area contributed by atoms with Gasteiger partial charge in [0, 0.05) is 17.0 Å². The van der Waals surface area contributed by atoms with Gasteiger partial charge in [-0.1, -0.05) is 11.3 Å². The Balaban J connectivity index is 1.77. The first kappa shape index (κ1) is 11.2. The summed E-state index contributed by atoms with van der Waals surface area (Å²) in [5.74, 6) is 0. The van der Waals surface area contributed by atoms with E-state index in [9.17, 15) is 0 Å². The standard InChI is InChI=1S/C12H15N3S2/c1-16-12(4-5-12)7-14-11-15-9-3-2-8(13)6-10(9)17-11/h2-3,6H,4-5,7,13H2,1H3,(H,14,15). The zero-order valence-corrected chi connectivity index (χ0v) is 11.3. The fraction of sp³-hybridized carbons (Fsp3) is 0.417. The van der Waals surface area contributed by atoms with Crippen molar-refractivity contribution in [3.05, 3.63) is 18.2 Å². The summed E-state index contributed by atoms with van der Waals surface area (Å²) in [7, 11) is 0. The van der Waals surface area contributed by atoms with Gasteiger partial charge >= 0.3 is 0 Å². The highest BCUT2D eigenvalue weighted by Gasteiger charge is 2.41. The first-order chi connectivity index (χ1) is 8.21. The van der Waals surface area contributed by atoms with E-state index in [1.165, 1.54) is 12.8 Å². The molecule has 1 aliphatic carbocycles. The highest BCUT2D eigenvalue weighted by atomic mass is 32.2. The molecule has 0 spiro atoms. The maximum Gasteiger partial charge on any atom is 0.183 e. The third kappa shape index (κ3) is 2.21. The Bertz CT molecular complexity index is 546. The van der Waals surface area contributed by atoms with E-state index < -0.39 is 0 Å². The Morgan fingerprint density at radius 2 is 2.35 bits per heavy atom. The molecular weight excluding hydrogens is 250 g/mol. The minimum absolute atomic E-state index is 0.469. The second-order valence-corrected chi connectivity index (χ2v) is 6.79. The molecule has 1 aliphatic rings. The zero-order valence-electron chi connectivity index (χ0n) is 9.69. The molecule has 1 aromatic carbocycles. The average Bonchev–Trinajstić information content (AvgIpc) is 3.00. The molecule has 0 aliphatic heterocycles. The fourth-order valence-corrected chi connectivity index (χ4v) is 3.48. The van der Waals surface area contributed by atoms with Gasteiger partial charge in [-0.2, -0.15) is 11.8 Å². The van der Waals surface area contributed by atoms with Crippen molar-refractivity contribution in [3.8, 4) is 0 Å². The molecule has 1 aromatic heterocycles. The van der Waals surface area contributed by atoms with Crippen LogP contribution in [0.15, 0.2) is 18.2 Å². The van der Waals surface area contributed by atoms with Crippen molar-refractivity contribution in [1.29, 1.82) is 0 Å². The average molecular weight is 265 g/mol. The SMILES string of the molecule is CSC1(CNc2nc3ccc(N)cc3s2)CC1. The lowest BCUT2D eigenvalue weighted by atomic mass is 10.3. The van der Waals surface area contributed by atoms with Crippen LogP contribution in [0.4, 0.5) is 10.8 Å². The van der Waals surface area contributed by atoms with Crippen LogP contribution in [0.3, 0.4) is 0 Å². The summed E-state index contributed by atoms with van der Waals surface area (Å²) in [5.41, 5.74) is 7.59. The molecule has 1 saturated carbocycles. The molecule has 0 atom stereocenters. The van der Waals surface area contributed by atoms with Crippen LogP contribution in [0.1, 0.15) is 12.8 Å². The van der Waals surface area contributed by atoms with E-state index in [-0.39, 0.29) is 0 Å². The molecule has 0 unspecified atom stereocenters. The van der Waals surface area contributed by atoms with Crippen molar-refractivity contribution < 1.29 is 0 Å². The summed E-state index contributed by atoms with van der Waals surface area (Å²) in [6, 6.07) is 5.86. The molecule has 5 heteroatoms. The lowest BCUT2D eigenvalue weighted by Gasteiger charge is -2.11. The monoisotopic (exact) mass is 265 g/mol. The maximum absolute atomic E-state index is 5.76. The van der Waals surface area contributed by atoms with Crippen molar-refractivity contribution >= 4 is 44.1 Å². The van der Waals surface area contributed by atoms with Crippen LogP contribution in [0, 0.1) is 0 Å². The highest BCUT2D eigenvalue weighted by molar-refractivity contribution is 8.00. The van der Waals surface area contributed by atoms with Gasteiger partial charge in [-0.05, 0) is 37.3 Å². The smallest absolute Gasteiger partial charge is 0.183 e. The molecule has 0 amide bonds. The van der Waals surface area contributed by atoms with Crippen molar-refractivity contribution in [2.75, 3.05) is 23.9 Å². The molecule has 17 heavy (non-hydrogen) atoms. The van der Waals surface area contributed by atoms with Crippen molar-refractivity contribution in [2.24, 2.45) is 0 Å². The van der Waals surface area contributed by atoms with Gasteiger partial charge in [0.15, 0.2) is 5.13 Å². The Kier molecular flexibility index (Phi) is 2.67. The van der Waals surface area contributed by atoms with Crippen LogP contribution >= 0.6 is 23.1 Å². The summed E-state index contributed by atoms with van der Waals surface area (Å²) < 4.78 is 1.62. The maximum atomic E-state index is 5.76. The minimum atomic E-state index is 0.469. The highest BCUT2D eigenvalue weighted by Crippen LogP contribution is 2.47. The minimum Gasteiger partial charge on any atom is -0.399 e. The molecule has 3 N–H and O–H groups in total. The molecule has 3 nitrogen and oxygen atoms in total. The van der Waals surface area contributed by atoms with Crippen molar-refractivity contribution in [3.63, 3.8) is 0 Å². The number of benzene rings is 1. The topological polar surface area (TPSA) is 50.9 Å². The van der Waals surface area contributed by atoms with Gasteiger partial charge < -0.3 is 11.1 Å². The predicted octanol–water partition coefficient (Wildman–Crippen LogP) is 3.19. The van der Waals surface area contributed by atoms with E-state index in [0.29, 0.717) is 4.75 Å². The number of hydrogen-bond acceptors (Lipinski definition) is 5. The lowest BCUT2D eigenvalue weighted by Crippen LogP contribution is -2.17. The third-order valence-corrected chi connectivity index (χ3v) is 5.61. The number of aromatic nitrogens is 1.